The number of methoxy groups -OCH3 is 1. The SMILES string of the molecule is COc1ccc(C(NC(=O)Cn2c(=O)oc3ccccc32)C(=O)Nc2ccc([Si](C)(C)C)cc2)cc1. The maximum absolute atomic E-state index is 13.3. The number of aromatic nitrogens is 1. The van der Waals surface area contributed by atoms with E-state index in [9.17, 15) is 14.4 Å². The van der Waals surface area contributed by atoms with Crippen LogP contribution < -0.4 is 26.3 Å². The Hall–Kier alpha value is -4.11. The number of hydrogen-bond donors (Lipinski definition) is 2. The molecule has 4 aromatic rings. The standard InChI is InChI=1S/C27H29N3O5Si/c1-34-20-13-9-18(10-14-20)25(26(32)28-19-11-15-21(16-12-19)36(2,3)4)29-24(31)17-30-22-7-5-6-8-23(22)35-27(30)33/h5-16,25H,17H2,1-4H3,(H,28,32)(H,29,31). The van der Waals surface area contributed by atoms with Crippen LogP contribution in [-0.2, 0) is 16.1 Å². The zero-order chi connectivity index (χ0) is 25.9. The average molecular weight is 504 g/mol. The molecule has 1 heterocycles. The lowest BCUT2D eigenvalue weighted by atomic mass is 10.1. The Morgan fingerprint density at radius 1 is 0.972 bits per heavy atom. The molecule has 36 heavy (non-hydrogen) atoms. The molecule has 0 radical (unpaired) electrons. The van der Waals surface area contributed by atoms with Gasteiger partial charge in [-0.2, -0.15) is 0 Å². The molecule has 2 amide bonds. The van der Waals surface area contributed by atoms with Crippen LogP contribution in [0.15, 0.2) is 82.0 Å². The van der Waals surface area contributed by atoms with Gasteiger partial charge in [-0.3, -0.25) is 14.2 Å². The molecule has 3 aromatic carbocycles. The maximum Gasteiger partial charge on any atom is 0.420 e. The van der Waals surface area contributed by atoms with Crippen molar-refractivity contribution in [3.63, 3.8) is 0 Å². The first-order valence-corrected chi connectivity index (χ1v) is 15.1. The molecule has 0 aliphatic rings. The van der Waals surface area contributed by atoms with Gasteiger partial charge in [0.1, 0.15) is 18.3 Å². The van der Waals surface area contributed by atoms with Gasteiger partial charge in [-0.1, -0.05) is 61.2 Å². The minimum atomic E-state index is -1.47. The van der Waals surface area contributed by atoms with Crippen LogP contribution in [-0.4, -0.2) is 31.6 Å². The Bertz CT molecular complexity index is 1430. The molecule has 2 N–H and O–H groups in total. The number of para-hydroxylation sites is 2. The van der Waals surface area contributed by atoms with E-state index in [-0.39, 0.29) is 6.54 Å². The van der Waals surface area contributed by atoms with Crippen LogP contribution in [0.25, 0.3) is 11.1 Å². The van der Waals surface area contributed by atoms with E-state index < -0.39 is 31.7 Å². The minimum Gasteiger partial charge on any atom is -0.497 e. The molecular weight excluding hydrogens is 474 g/mol. The summed E-state index contributed by atoms with van der Waals surface area (Å²) in [6, 6.07) is 20.5. The van der Waals surface area contributed by atoms with Crippen molar-refractivity contribution in [2.24, 2.45) is 0 Å². The molecule has 0 aliphatic carbocycles. The summed E-state index contributed by atoms with van der Waals surface area (Å²) in [6.45, 7) is 6.47. The highest BCUT2D eigenvalue weighted by Crippen LogP contribution is 2.20. The quantitative estimate of drug-likeness (QED) is 0.358. The number of anilines is 1. The third-order valence-corrected chi connectivity index (χ3v) is 7.98. The van der Waals surface area contributed by atoms with E-state index in [2.05, 4.69) is 30.3 Å². The molecule has 1 atom stereocenters. The van der Waals surface area contributed by atoms with E-state index in [1.165, 1.54) is 9.75 Å². The van der Waals surface area contributed by atoms with Crippen LogP contribution in [0, 0.1) is 0 Å². The number of nitrogens with zero attached hydrogens (tertiary/aromatic N) is 1. The fraction of sp³-hybridized carbons (Fsp3) is 0.222. The second-order valence-corrected chi connectivity index (χ2v) is 14.6. The number of carbonyl (C=O) groups excluding carboxylic acids is 2. The smallest absolute Gasteiger partial charge is 0.420 e. The van der Waals surface area contributed by atoms with E-state index in [0.717, 1.165) is 0 Å². The van der Waals surface area contributed by atoms with Crippen molar-refractivity contribution < 1.29 is 18.7 Å². The van der Waals surface area contributed by atoms with Crippen molar-refractivity contribution in [2.45, 2.75) is 32.2 Å². The number of nitrogens with one attached hydrogen (secondary N) is 2. The summed E-state index contributed by atoms with van der Waals surface area (Å²) in [6.07, 6.45) is 0. The fourth-order valence-corrected chi connectivity index (χ4v) is 5.05. The summed E-state index contributed by atoms with van der Waals surface area (Å²) in [7, 11) is 0.0793. The third-order valence-electron chi connectivity index (χ3n) is 5.91. The number of ether oxygens (including phenoxy) is 1. The number of benzene rings is 3. The summed E-state index contributed by atoms with van der Waals surface area (Å²) in [4.78, 5) is 38.6. The van der Waals surface area contributed by atoms with Crippen molar-refractivity contribution in [2.75, 3.05) is 12.4 Å². The number of amides is 2. The van der Waals surface area contributed by atoms with Gasteiger partial charge in [-0.15, -0.1) is 0 Å². The Morgan fingerprint density at radius 3 is 2.28 bits per heavy atom. The fourth-order valence-electron chi connectivity index (χ4n) is 3.88. The molecule has 1 unspecified atom stereocenters. The van der Waals surface area contributed by atoms with E-state index in [1.807, 2.05) is 24.3 Å². The Balaban J connectivity index is 1.57. The van der Waals surface area contributed by atoms with Crippen LogP contribution >= 0.6 is 0 Å². The first-order valence-electron chi connectivity index (χ1n) is 11.6. The van der Waals surface area contributed by atoms with Crippen LogP contribution in [0.4, 0.5) is 5.69 Å². The van der Waals surface area contributed by atoms with Gasteiger partial charge in [0.2, 0.25) is 5.91 Å². The van der Waals surface area contributed by atoms with E-state index in [0.29, 0.717) is 28.1 Å². The lowest BCUT2D eigenvalue weighted by Gasteiger charge is -2.20. The summed E-state index contributed by atoms with van der Waals surface area (Å²) in [5, 5.41) is 6.94. The highest BCUT2D eigenvalue weighted by molar-refractivity contribution is 6.88. The molecule has 0 saturated carbocycles. The van der Waals surface area contributed by atoms with E-state index in [4.69, 9.17) is 9.15 Å². The summed E-state index contributed by atoms with van der Waals surface area (Å²) >= 11 is 0. The number of oxazole rings is 1. The summed E-state index contributed by atoms with van der Waals surface area (Å²) < 4.78 is 11.7. The molecule has 0 aliphatic heterocycles. The molecule has 0 spiro atoms. The first kappa shape index (κ1) is 25.0. The third kappa shape index (κ3) is 5.57. The number of hydrogen-bond acceptors (Lipinski definition) is 5. The average Bonchev–Trinajstić information content (AvgIpc) is 3.17. The van der Waals surface area contributed by atoms with E-state index >= 15 is 0 Å². The zero-order valence-electron chi connectivity index (χ0n) is 20.7. The van der Waals surface area contributed by atoms with Gasteiger partial charge in [0.15, 0.2) is 5.58 Å². The molecular formula is C27H29N3O5Si. The molecule has 1 aromatic heterocycles. The van der Waals surface area contributed by atoms with Crippen molar-refractivity contribution in [3.8, 4) is 5.75 Å². The van der Waals surface area contributed by atoms with Gasteiger partial charge < -0.3 is 19.8 Å². The monoisotopic (exact) mass is 503 g/mol. The van der Waals surface area contributed by atoms with Gasteiger partial charge in [-0.25, -0.2) is 4.79 Å². The largest absolute Gasteiger partial charge is 0.497 e. The van der Waals surface area contributed by atoms with Crippen molar-refractivity contribution in [1.82, 2.24) is 9.88 Å². The van der Waals surface area contributed by atoms with Crippen LogP contribution in [0.3, 0.4) is 0 Å². The molecule has 0 bridgehead atoms. The van der Waals surface area contributed by atoms with Crippen LogP contribution in [0.5, 0.6) is 5.75 Å². The molecule has 0 saturated heterocycles. The number of fused-ring (bicyclic) bond motifs is 1. The van der Waals surface area contributed by atoms with Crippen molar-refractivity contribution >= 4 is 41.9 Å². The maximum atomic E-state index is 13.3. The number of rotatable bonds is 8. The molecule has 0 fully saturated rings. The van der Waals surface area contributed by atoms with Gasteiger partial charge >= 0.3 is 5.76 Å². The Kier molecular flexibility index (Phi) is 7.11. The topological polar surface area (TPSA) is 103 Å². The van der Waals surface area contributed by atoms with Gasteiger partial charge in [0.25, 0.3) is 5.91 Å². The normalized spacial score (nSPS) is 12.2. The zero-order valence-corrected chi connectivity index (χ0v) is 21.7. The second-order valence-electron chi connectivity index (χ2n) is 9.51. The Labute approximate surface area is 209 Å². The molecule has 4 rings (SSSR count). The second kappa shape index (κ2) is 10.2. The lowest BCUT2D eigenvalue weighted by molar-refractivity contribution is -0.127. The highest BCUT2D eigenvalue weighted by Gasteiger charge is 2.24. The van der Waals surface area contributed by atoms with E-state index in [1.54, 1.807) is 55.6 Å². The lowest BCUT2D eigenvalue weighted by Crippen LogP contribution is -2.40. The van der Waals surface area contributed by atoms with Crippen molar-refractivity contribution in [3.05, 3.63) is 88.9 Å². The van der Waals surface area contributed by atoms with Crippen molar-refractivity contribution in [1.29, 1.82) is 0 Å². The van der Waals surface area contributed by atoms with Gasteiger partial charge in [0, 0.05) is 5.69 Å². The number of carbonyl (C=O) groups is 2. The molecule has 9 heteroatoms. The summed E-state index contributed by atoms with van der Waals surface area (Å²) in [5.41, 5.74) is 2.10. The van der Waals surface area contributed by atoms with Gasteiger partial charge in [-0.05, 0) is 42.0 Å². The Morgan fingerprint density at radius 2 is 1.64 bits per heavy atom. The minimum absolute atomic E-state index is 0.291. The van der Waals surface area contributed by atoms with Gasteiger partial charge in [0.05, 0.1) is 20.7 Å². The summed E-state index contributed by atoms with van der Waals surface area (Å²) in [5.74, 6) is -0.922. The first-order chi connectivity index (χ1) is 17.2. The predicted molar refractivity (Wildman–Crippen MR) is 142 cm³/mol. The highest BCUT2D eigenvalue weighted by atomic mass is 28.3. The molecule has 186 valence electrons. The predicted octanol–water partition coefficient (Wildman–Crippen LogP) is 3.64. The van der Waals surface area contributed by atoms with Crippen LogP contribution in [0.2, 0.25) is 19.6 Å². The van der Waals surface area contributed by atoms with Crippen LogP contribution in [0.1, 0.15) is 11.6 Å². The molecule has 8 nitrogen and oxygen atoms in total.